The minimum Gasteiger partial charge on any atom is -0.346 e. The number of nitrogens with two attached hydrogens (primary N) is 1. The number of hydrogen-bond acceptors (Lipinski definition) is 2. The summed E-state index contributed by atoms with van der Waals surface area (Å²) in [6.07, 6.45) is 0.835. The van der Waals surface area contributed by atoms with Crippen molar-refractivity contribution in [3.05, 3.63) is 70.8 Å². The number of amides is 1. The van der Waals surface area contributed by atoms with E-state index in [-0.39, 0.29) is 11.9 Å². The fourth-order valence-corrected chi connectivity index (χ4v) is 2.29. The van der Waals surface area contributed by atoms with Crippen molar-refractivity contribution in [2.75, 3.05) is 6.54 Å². The molecule has 0 radical (unpaired) electrons. The Bertz CT molecular complexity index is 605. The van der Waals surface area contributed by atoms with Gasteiger partial charge in [0.1, 0.15) is 0 Å². The molecule has 3 nitrogen and oxygen atoms in total. The molecule has 2 aromatic rings. The number of benzene rings is 2. The predicted octanol–water partition coefficient (Wildman–Crippen LogP) is 2.99. The Morgan fingerprint density at radius 1 is 1.19 bits per heavy atom. The standard InChI is InChI=1S/C18H22N2O/c1-13-4-3-5-17(12-13)14(2)20-18(21)16-8-6-15(7-9-16)10-11-19/h3-9,12,14H,10-11,19H2,1-2H3,(H,20,21)/t14-/m1/s1. The van der Waals surface area contributed by atoms with Gasteiger partial charge in [0.25, 0.3) is 5.91 Å². The normalized spacial score (nSPS) is 12.0. The van der Waals surface area contributed by atoms with Crippen LogP contribution in [0.4, 0.5) is 0 Å². The predicted molar refractivity (Wildman–Crippen MR) is 86.3 cm³/mol. The van der Waals surface area contributed by atoms with Gasteiger partial charge in [0, 0.05) is 5.56 Å². The van der Waals surface area contributed by atoms with Crippen LogP contribution in [0.5, 0.6) is 0 Å². The summed E-state index contributed by atoms with van der Waals surface area (Å²) in [4.78, 5) is 12.2. The molecule has 21 heavy (non-hydrogen) atoms. The molecule has 0 heterocycles. The molecule has 0 saturated heterocycles. The van der Waals surface area contributed by atoms with E-state index in [9.17, 15) is 4.79 Å². The van der Waals surface area contributed by atoms with Crippen LogP contribution in [0, 0.1) is 6.92 Å². The molecule has 3 heteroatoms. The lowest BCUT2D eigenvalue weighted by Crippen LogP contribution is -2.26. The van der Waals surface area contributed by atoms with Crippen LogP contribution in [-0.4, -0.2) is 12.5 Å². The number of rotatable bonds is 5. The van der Waals surface area contributed by atoms with Crippen molar-refractivity contribution < 1.29 is 4.79 Å². The van der Waals surface area contributed by atoms with Crippen LogP contribution >= 0.6 is 0 Å². The molecule has 0 aliphatic rings. The van der Waals surface area contributed by atoms with Gasteiger partial charge in [0.05, 0.1) is 6.04 Å². The number of hydrogen-bond donors (Lipinski definition) is 2. The van der Waals surface area contributed by atoms with Gasteiger partial charge >= 0.3 is 0 Å². The van der Waals surface area contributed by atoms with Crippen molar-refractivity contribution in [2.45, 2.75) is 26.3 Å². The third-order valence-electron chi connectivity index (χ3n) is 3.54. The Morgan fingerprint density at radius 2 is 1.90 bits per heavy atom. The van der Waals surface area contributed by atoms with Crippen molar-refractivity contribution >= 4 is 5.91 Å². The summed E-state index contributed by atoms with van der Waals surface area (Å²) in [5.74, 6) is -0.0525. The highest BCUT2D eigenvalue weighted by Crippen LogP contribution is 2.15. The van der Waals surface area contributed by atoms with Crippen molar-refractivity contribution in [3.63, 3.8) is 0 Å². The molecular weight excluding hydrogens is 260 g/mol. The second kappa shape index (κ2) is 7.04. The first-order valence-corrected chi connectivity index (χ1v) is 7.26. The summed E-state index contributed by atoms with van der Waals surface area (Å²) >= 11 is 0. The first kappa shape index (κ1) is 15.3. The lowest BCUT2D eigenvalue weighted by Gasteiger charge is -2.15. The average Bonchev–Trinajstić information content (AvgIpc) is 2.48. The van der Waals surface area contributed by atoms with Crippen molar-refractivity contribution in [1.82, 2.24) is 5.32 Å². The lowest BCUT2D eigenvalue weighted by atomic mass is 10.0. The Hall–Kier alpha value is -2.13. The third-order valence-corrected chi connectivity index (χ3v) is 3.54. The summed E-state index contributed by atoms with van der Waals surface area (Å²) in [6, 6.07) is 15.8. The van der Waals surface area contributed by atoms with Gasteiger partial charge in [0.2, 0.25) is 0 Å². The van der Waals surface area contributed by atoms with Gasteiger partial charge in [-0.25, -0.2) is 0 Å². The van der Waals surface area contributed by atoms with Crippen molar-refractivity contribution in [3.8, 4) is 0 Å². The Balaban J connectivity index is 2.03. The highest BCUT2D eigenvalue weighted by Gasteiger charge is 2.11. The van der Waals surface area contributed by atoms with Crippen molar-refractivity contribution in [2.24, 2.45) is 5.73 Å². The topological polar surface area (TPSA) is 55.1 Å². The molecular formula is C18H22N2O. The second-order valence-corrected chi connectivity index (χ2v) is 5.34. The molecule has 0 aliphatic heterocycles. The average molecular weight is 282 g/mol. The van der Waals surface area contributed by atoms with Gasteiger partial charge in [-0.15, -0.1) is 0 Å². The second-order valence-electron chi connectivity index (χ2n) is 5.34. The molecule has 0 fully saturated rings. The van der Waals surface area contributed by atoms with E-state index >= 15 is 0 Å². The van der Waals surface area contributed by atoms with Gasteiger partial charge in [-0.1, -0.05) is 42.0 Å². The monoisotopic (exact) mass is 282 g/mol. The van der Waals surface area contributed by atoms with Crippen molar-refractivity contribution in [1.29, 1.82) is 0 Å². The molecule has 0 unspecified atom stereocenters. The fraction of sp³-hybridized carbons (Fsp3) is 0.278. The van der Waals surface area contributed by atoms with Crippen LogP contribution in [0.2, 0.25) is 0 Å². The summed E-state index contributed by atoms with van der Waals surface area (Å²) in [7, 11) is 0. The SMILES string of the molecule is Cc1cccc([C@@H](C)NC(=O)c2ccc(CCN)cc2)c1. The molecule has 0 saturated carbocycles. The van der Waals surface area contributed by atoms with E-state index in [0.29, 0.717) is 12.1 Å². The number of carbonyl (C=O) groups excluding carboxylic acids is 1. The maximum Gasteiger partial charge on any atom is 0.251 e. The summed E-state index contributed by atoms with van der Waals surface area (Å²) in [5, 5.41) is 3.03. The van der Waals surface area contributed by atoms with E-state index in [1.807, 2.05) is 56.3 Å². The zero-order chi connectivity index (χ0) is 15.2. The largest absolute Gasteiger partial charge is 0.346 e. The van der Waals surface area contributed by atoms with Crippen LogP contribution in [0.1, 0.15) is 40.0 Å². The van der Waals surface area contributed by atoms with E-state index < -0.39 is 0 Å². The molecule has 1 amide bonds. The molecule has 3 N–H and O–H groups in total. The van der Waals surface area contributed by atoms with Crippen LogP contribution in [-0.2, 0) is 6.42 Å². The number of nitrogens with one attached hydrogen (secondary N) is 1. The Kier molecular flexibility index (Phi) is 5.12. The summed E-state index contributed by atoms with van der Waals surface area (Å²) < 4.78 is 0. The molecule has 1 atom stereocenters. The Labute approximate surface area is 126 Å². The quantitative estimate of drug-likeness (QED) is 0.885. The molecule has 0 aliphatic carbocycles. The Morgan fingerprint density at radius 3 is 2.52 bits per heavy atom. The van der Waals surface area contributed by atoms with Crippen LogP contribution in [0.3, 0.4) is 0 Å². The summed E-state index contributed by atoms with van der Waals surface area (Å²) in [6.45, 7) is 4.67. The van der Waals surface area contributed by atoms with Crippen LogP contribution < -0.4 is 11.1 Å². The van der Waals surface area contributed by atoms with E-state index in [4.69, 9.17) is 5.73 Å². The zero-order valence-electron chi connectivity index (χ0n) is 12.6. The van der Waals surface area contributed by atoms with Crippen LogP contribution in [0.25, 0.3) is 0 Å². The van der Waals surface area contributed by atoms with E-state index in [1.165, 1.54) is 5.56 Å². The highest BCUT2D eigenvalue weighted by atomic mass is 16.1. The number of aryl methyl sites for hydroxylation is 1. The highest BCUT2D eigenvalue weighted by molar-refractivity contribution is 5.94. The molecule has 0 aromatic heterocycles. The van der Waals surface area contributed by atoms with Gasteiger partial charge in [-0.05, 0) is 50.1 Å². The van der Waals surface area contributed by atoms with E-state index in [2.05, 4.69) is 11.4 Å². The molecule has 2 aromatic carbocycles. The molecule has 0 spiro atoms. The fourth-order valence-electron chi connectivity index (χ4n) is 2.29. The van der Waals surface area contributed by atoms with Gasteiger partial charge < -0.3 is 11.1 Å². The third kappa shape index (κ3) is 4.17. The van der Waals surface area contributed by atoms with Crippen LogP contribution in [0.15, 0.2) is 48.5 Å². The van der Waals surface area contributed by atoms with Gasteiger partial charge in [-0.3, -0.25) is 4.79 Å². The molecule has 110 valence electrons. The minimum atomic E-state index is -0.0525. The summed E-state index contributed by atoms with van der Waals surface area (Å²) in [5.41, 5.74) is 9.66. The molecule has 2 rings (SSSR count). The lowest BCUT2D eigenvalue weighted by molar-refractivity contribution is 0.0940. The maximum absolute atomic E-state index is 12.2. The zero-order valence-corrected chi connectivity index (χ0v) is 12.6. The molecule has 0 bridgehead atoms. The van der Waals surface area contributed by atoms with Gasteiger partial charge in [-0.2, -0.15) is 0 Å². The van der Waals surface area contributed by atoms with E-state index in [0.717, 1.165) is 17.5 Å². The van der Waals surface area contributed by atoms with Gasteiger partial charge in [0.15, 0.2) is 0 Å². The minimum absolute atomic E-state index is 0.0129. The first-order valence-electron chi connectivity index (χ1n) is 7.26. The van der Waals surface area contributed by atoms with E-state index in [1.54, 1.807) is 0 Å². The smallest absolute Gasteiger partial charge is 0.251 e. The maximum atomic E-state index is 12.2. The number of carbonyl (C=O) groups is 1. The first-order chi connectivity index (χ1) is 10.1.